The third-order valence-electron chi connectivity index (χ3n) is 4.02. The number of rotatable bonds is 11. The second-order valence-electron chi connectivity index (χ2n) is 6.31. The molecule has 0 fully saturated rings. The van der Waals surface area contributed by atoms with Gasteiger partial charge in [0.2, 0.25) is 0 Å². The van der Waals surface area contributed by atoms with Gasteiger partial charge in [0.15, 0.2) is 0 Å². The number of ether oxygens (including phenoxy) is 2. The van der Waals surface area contributed by atoms with E-state index in [9.17, 15) is 9.59 Å². The fraction of sp³-hybridized carbons (Fsp3) is 0.364. The fourth-order valence-electron chi connectivity index (χ4n) is 2.58. The Bertz CT molecular complexity index is 711. The van der Waals surface area contributed by atoms with Gasteiger partial charge in [0.1, 0.15) is 13.2 Å². The molecule has 0 aromatic heterocycles. The van der Waals surface area contributed by atoms with Crippen molar-refractivity contribution in [2.45, 2.75) is 38.9 Å². The summed E-state index contributed by atoms with van der Waals surface area (Å²) >= 11 is 6.62. The molecular formula is C22H24Br2O4. The van der Waals surface area contributed by atoms with E-state index < -0.39 is 0 Å². The number of carbonyl (C=O) groups excluding carboxylic acids is 2. The molecule has 0 saturated carbocycles. The SMILES string of the molecule is O=C(CCCBr)OCc1cccc(-c2cccc(COC(=O)CCCBr)c2)c1. The molecule has 2 aromatic carbocycles. The Morgan fingerprint density at radius 2 is 1.14 bits per heavy atom. The highest BCUT2D eigenvalue weighted by Crippen LogP contribution is 2.22. The van der Waals surface area contributed by atoms with Gasteiger partial charge in [0.05, 0.1) is 0 Å². The Hall–Kier alpha value is -1.66. The van der Waals surface area contributed by atoms with Gasteiger partial charge < -0.3 is 9.47 Å². The lowest BCUT2D eigenvalue weighted by Gasteiger charge is -2.09. The molecule has 0 aliphatic heterocycles. The largest absolute Gasteiger partial charge is 0.461 e. The normalized spacial score (nSPS) is 10.5. The summed E-state index contributed by atoms with van der Waals surface area (Å²) in [7, 11) is 0. The van der Waals surface area contributed by atoms with Gasteiger partial charge in [-0.15, -0.1) is 0 Å². The van der Waals surface area contributed by atoms with Crippen molar-refractivity contribution in [1.29, 1.82) is 0 Å². The summed E-state index contributed by atoms with van der Waals surface area (Å²) in [5.41, 5.74) is 3.94. The highest BCUT2D eigenvalue weighted by molar-refractivity contribution is 9.09. The number of carbonyl (C=O) groups is 2. The Balaban J connectivity index is 1.97. The van der Waals surface area contributed by atoms with Crippen molar-refractivity contribution in [3.8, 4) is 11.1 Å². The summed E-state index contributed by atoms with van der Waals surface area (Å²) in [4.78, 5) is 23.4. The first kappa shape index (κ1) is 22.6. The van der Waals surface area contributed by atoms with E-state index in [1.165, 1.54) is 0 Å². The number of hydrogen-bond acceptors (Lipinski definition) is 4. The summed E-state index contributed by atoms with van der Waals surface area (Å²) in [6.07, 6.45) is 2.38. The highest BCUT2D eigenvalue weighted by Gasteiger charge is 2.06. The van der Waals surface area contributed by atoms with Crippen LogP contribution in [0.25, 0.3) is 11.1 Å². The number of halogens is 2. The number of alkyl halides is 2. The Kier molecular flexibility index (Phi) is 10.3. The minimum atomic E-state index is -0.187. The van der Waals surface area contributed by atoms with E-state index in [2.05, 4.69) is 31.9 Å². The lowest BCUT2D eigenvalue weighted by molar-refractivity contribution is -0.145. The van der Waals surface area contributed by atoms with Crippen LogP contribution in [0.3, 0.4) is 0 Å². The Morgan fingerprint density at radius 1 is 0.714 bits per heavy atom. The maximum absolute atomic E-state index is 11.7. The standard InChI is InChI=1S/C22H24Br2O4/c23-11-3-9-21(25)27-15-17-5-1-7-19(13-17)20-8-2-6-18(14-20)16-28-22(26)10-4-12-24/h1-2,5-8,13-14H,3-4,9-12,15-16H2. The Labute approximate surface area is 182 Å². The van der Waals surface area contributed by atoms with E-state index in [0.29, 0.717) is 12.8 Å². The smallest absolute Gasteiger partial charge is 0.306 e. The predicted octanol–water partition coefficient (Wildman–Crippen LogP) is 5.79. The van der Waals surface area contributed by atoms with Crippen LogP contribution in [0.1, 0.15) is 36.8 Å². The van der Waals surface area contributed by atoms with Gasteiger partial charge in [0, 0.05) is 23.5 Å². The van der Waals surface area contributed by atoms with Crippen LogP contribution >= 0.6 is 31.9 Å². The van der Waals surface area contributed by atoms with Crippen LogP contribution in [-0.4, -0.2) is 22.6 Å². The van der Waals surface area contributed by atoms with E-state index >= 15 is 0 Å². The summed E-state index contributed by atoms with van der Waals surface area (Å²) in [5.74, 6) is -0.373. The lowest BCUT2D eigenvalue weighted by Crippen LogP contribution is -2.05. The van der Waals surface area contributed by atoms with Gasteiger partial charge in [0.25, 0.3) is 0 Å². The maximum Gasteiger partial charge on any atom is 0.306 e. The molecule has 0 bridgehead atoms. The van der Waals surface area contributed by atoms with Gasteiger partial charge >= 0.3 is 11.9 Å². The van der Waals surface area contributed by atoms with E-state index in [1.54, 1.807) is 0 Å². The van der Waals surface area contributed by atoms with Crippen molar-refractivity contribution in [2.24, 2.45) is 0 Å². The minimum absolute atomic E-state index is 0.187. The molecule has 0 saturated heterocycles. The molecule has 0 spiro atoms. The van der Waals surface area contributed by atoms with Crippen LogP contribution in [0.4, 0.5) is 0 Å². The quantitative estimate of drug-likeness (QED) is 0.283. The maximum atomic E-state index is 11.7. The zero-order valence-electron chi connectivity index (χ0n) is 15.7. The molecule has 4 nitrogen and oxygen atoms in total. The molecule has 0 atom stereocenters. The molecule has 6 heteroatoms. The van der Waals surface area contributed by atoms with E-state index in [1.807, 2.05) is 48.5 Å². The zero-order chi connectivity index (χ0) is 20.2. The number of esters is 2. The number of hydrogen-bond donors (Lipinski definition) is 0. The lowest BCUT2D eigenvalue weighted by atomic mass is 10.0. The van der Waals surface area contributed by atoms with E-state index in [4.69, 9.17) is 9.47 Å². The molecule has 2 aromatic rings. The predicted molar refractivity (Wildman–Crippen MR) is 118 cm³/mol. The highest BCUT2D eigenvalue weighted by atomic mass is 79.9. The van der Waals surface area contributed by atoms with Gasteiger partial charge in [-0.2, -0.15) is 0 Å². The molecule has 2 rings (SSSR count). The van der Waals surface area contributed by atoms with Crippen molar-refractivity contribution < 1.29 is 19.1 Å². The summed E-state index contributed by atoms with van der Waals surface area (Å²) in [5, 5.41) is 1.58. The molecule has 0 aliphatic rings. The van der Waals surface area contributed by atoms with Crippen LogP contribution in [0, 0.1) is 0 Å². The monoisotopic (exact) mass is 510 g/mol. The van der Waals surface area contributed by atoms with Crippen molar-refractivity contribution in [3.05, 3.63) is 59.7 Å². The van der Waals surface area contributed by atoms with Crippen LogP contribution in [0.15, 0.2) is 48.5 Å². The molecule has 0 heterocycles. The number of benzene rings is 2. The second-order valence-corrected chi connectivity index (χ2v) is 7.89. The van der Waals surface area contributed by atoms with Gasteiger partial charge in [-0.05, 0) is 47.2 Å². The van der Waals surface area contributed by atoms with Crippen molar-refractivity contribution in [3.63, 3.8) is 0 Å². The molecule has 28 heavy (non-hydrogen) atoms. The Morgan fingerprint density at radius 3 is 1.54 bits per heavy atom. The molecule has 0 radical (unpaired) electrons. The molecule has 0 amide bonds. The van der Waals surface area contributed by atoms with Gasteiger partial charge in [-0.25, -0.2) is 0 Å². The van der Waals surface area contributed by atoms with E-state index in [0.717, 1.165) is 45.8 Å². The first-order chi connectivity index (χ1) is 13.6. The molecule has 0 aliphatic carbocycles. The second kappa shape index (κ2) is 12.7. The van der Waals surface area contributed by atoms with Crippen molar-refractivity contribution >= 4 is 43.8 Å². The van der Waals surface area contributed by atoms with Gasteiger partial charge in [-0.1, -0.05) is 68.3 Å². The van der Waals surface area contributed by atoms with Crippen LogP contribution < -0.4 is 0 Å². The van der Waals surface area contributed by atoms with Crippen LogP contribution in [0.5, 0.6) is 0 Å². The third kappa shape index (κ3) is 8.15. The average molecular weight is 512 g/mol. The van der Waals surface area contributed by atoms with Crippen molar-refractivity contribution in [2.75, 3.05) is 10.7 Å². The third-order valence-corrected chi connectivity index (χ3v) is 5.14. The van der Waals surface area contributed by atoms with Gasteiger partial charge in [-0.3, -0.25) is 9.59 Å². The van der Waals surface area contributed by atoms with Crippen LogP contribution in [-0.2, 0) is 32.3 Å². The molecule has 0 N–H and O–H groups in total. The average Bonchev–Trinajstić information content (AvgIpc) is 2.73. The first-order valence-corrected chi connectivity index (χ1v) is 11.5. The van der Waals surface area contributed by atoms with Crippen LogP contribution in [0.2, 0.25) is 0 Å². The fourth-order valence-corrected chi connectivity index (χ4v) is 3.14. The summed E-state index contributed by atoms with van der Waals surface area (Å²) in [6.45, 7) is 0.527. The molecule has 0 unspecified atom stereocenters. The minimum Gasteiger partial charge on any atom is -0.461 e. The molecular weight excluding hydrogens is 488 g/mol. The van der Waals surface area contributed by atoms with E-state index in [-0.39, 0.29) is 25.2 Å². The van der Waals surface area contributed by atoms with Crippen molar-refractivity contribution in [1.82, 2.24) is 0 Å². The summed E-state index contributed by atoms with van der Waals surface area (Å²) in [6, 6.07) is 15.8. The zero-order valence-corrected chi connectivity index (χ0v) is 18.8. The first-order valence-electron chi connectivity index (χ1n) is 9.24. The topological polar surface area (TPSA) is 52.6 Å². The molecule has 150 valence electrons. The summed E-state index contributed by atoms with van der Waals surface area (Å²) < 4.78 is 10.6.